The van der Waals surface area contributed by atoms with Crippen molar-refractivity contribution in [2.45, 2.75) is 39.8 Å². The predicted molar refractivity (Wildman–Crippen MR) is 78.2 cm³/mol. The van der Waals surface area contributed by atoms with E-state index in [4.69, 9.17) is 5.73 Å². The topological polar surface area (TPSA) is 29.3 Å². The van der Waals surface area contributed by atoms with Crippen molar-refractivity contribution in [3.05, 3.63) is 35.4 Å². The second kappa shape index (κ2) is 7.92. The van der Waals surface area contributed by atoms with Crippen LogP contribution in [0.15, 0.2) is 24.3 Å². The van der Waals surface area contributed by atoms with Gasteiger partial charge in [-0.3, -0.25) is 4.90 Å². The zero-order valence-electron chi connectivity index (χ0n) is 11.7. The third-order valence-electron chi connectivity index (χ3n) is 3.34. The van der Waals surface area contributed by atoms with E-state index < -0.39 is 0 Å². The summed E-state index contributed by atoms with van der Waals surface area (Å²) in [7, 11) is 0. The van der Waals surface area contributed by atoms with E-state index in [0.29, 0.717) is 12.6 Å². The van der Waals surface area contributed by atoms with Gasteiger partial charge < -0.3 is 5.73 Å². The van der Waals surface area contributed by atoms with Crippen LogP contribution in [0, 0.1) is 11.8 Å². The van der Waals surface area contributed by atoms with Crippen molar-refractivity contribution in [3.63, 3.8) is 0 Å². The summed E-state index contributed by atoms with van der Waals surface area (Å²) in [5.74, 6) is 6.10. The molecule has 0 aliphatic carbocycles. The molecule has 1 aromatic rings. The van der Waals surface area contributed by atoms with E-state index in [1.165, 1.54) is 12.0 Å². The van der Waals surface area contributed by atoms with Crippen LogP contribution < -0.4 is 5.73 Å². The zero-order valence-corrected chi connectivity index (χ0v) is 11.7. The standard InChI is InChI=1S/C16H24N2/c1-4-14(3)18(5-2)13-16-10-7-6-9-15(16)11-8-12-17/h6-7,9-10,14H,4-5,12-13,17H2,1-3H3. The van der Waals surface area contributed by atoms with Gasteiger partial charge in [0.15, 0.2) is 0 Å². The molecular weight excluding hydrogens is 220 g/mol. The van der Waals surface area contributed by atoms with Crippen LogP contribution in [0.2, 0.25) is 0 Å². The molecule has 0 aromatic heterocycles. The van der Waals surface area contributed by atoms with Gasteiger partial charge in [-0.25, -0.2) is 0 Å². The summed E-state index contributed by atoms with van der Waals surface area (Å²) in [5.41, 5.74) is 7.83. The largest absolute Gasteiger partial charge is 0.320 e. The third kappa shape index (κ3) is 4.18. The minimum atomic E-state index is 0.414. The molecule has 1 unspecified atom stereocenters. The van der Waals surface area contributed by atoms with Gasteiger partial charge in [0.05, 0.1) is 6.54 Å². The number of hydrogen-bond donors (Lipinski definition) is 1. The fourth-order valence-electron chi connectivity index (χ4n) is 1.98. The average molecular weight is 244 g/mol. The highest BCUT2D eigenvalue weighted by Gasteiger charge is 2.11. The molecule has 2 nitrogen and oxygen atoms in total. The van der Waals surface area contributed by atoms with Crippen molar-refractivity contribution in [2.24, 2.45) is 5.73 Å². The first-order valence-corrected chi connectivity index (χ1v) is 6.73. The molecule has 2 N–H and O–H groups in total. The van der Waals surface area contributed by atoms with Crippen molar-refractivity contribution in [2.75, 3.05) is 13.1 Å². The van der Waals surface area contributed by atoms with E-state index in [0.717, 1.165) is 18.7 Å². The Balaban J connectivity index is 2.88. The van der Waals surface area contributed by atoms with E-state index in [1.807, 2.05) is 6.07 Å². The number of nitrogens with zero attached hydrogens (tertiary/aromatic N) is 1. The van der Waals surface area contributed by atoms with E-state index in [-0.39, 0.29) is 0 Å². The summed E-state index contributed by atoms with van der Waals surface area (Å²) in [5, 5.41) is 0. The fourth-order valence-corrected chi connectivity index (χ4v) is 1.98. The minimum Gasteiger partial charge on any atom is -0.320 e. The number of benzene rings is 1. The Kier molecular flexibility index (Phi) is 6.49. The van der Waals surface area contributed by atoms with E-state index in [1.54, 1.807) is 0 Å². The van der Waals surface area contributed by atoms with Gasteiger partial charge in [-0.15, -0.1) is 0 Å². The number of nitrogens with two attached hydrogens (primary N) is 1. The Morgan fingerprint density at radius 3 is 2.61 bits per heavy atom. The van der Waals surface area contributed by atoms with Gasteiger partial charge in [0, 0.05) is 18.2 Å². The second-order valence-corrected chi connectivity index (χ2v) is 4.48. The summed E-state index contributed by atoms with van der Waals surface area (Å²) in [4.78, 5) is 2.48. The monoisotopic (exact) mass is 244 g/mol. The van der Waals surface area contributed by atoms with Crippen molar-refractivity contribution in [1.29, 1.82) is 0 Å². The zero-order chi connectivity index (χ0) is 13.4. The molecule has 1 rings (SSSR count). The van der Waals surface area contributed by atoms with Gasteiger partial charge in [-0.05, 0) is 31.5 Å². The van der Waals surface area contributed by atoms with Crippen LogP contribution in [-0.2, 0) is 6.54 Å². The molecule has 0 saturated carbocycles. The van der Waals surface area contributed by atoms with Gasteiger partial charge >= 0.3 is 0 Å². The number of rotatable bonds is 5. The van der Waals surface area contributed by atoms with Crippen LogP contribution in [0.25, 0.3) is 0 Å². The first-order valence-electron chi connectivity index (χ1n) is 6.73. The molecule has 2 heteroatoms. The van der Waals surface area contributed by atoms with Crippen molar-refractivity contribution >= 4 is 0 Å². The predicted octanol–water partition coefficient (Wildman–Crippen LogP) is 2.62. The maximum atomic E-state index is 5.44. The molecule has 0 aliphatic rings. The fraction of sp³-hybridized carbons (Fsp3) is 0.500. The summed E-state index contributed by atoms with van der Waals surface area (Å²) in [6, 6.07) is 8.94. The first kappa shape index (κ1) is 14.8. The summed E-state index contributed by atoms with van der Waals surface area (Å²) in [6.07, 6.45) is 1.17. The summed E-state index contributed by atoms with van der Waals surface area (Å²) < 4.78 is 0. The Labute approximate surface area is 111 Å². The molecule has 0 amide bonds. The molecule has 1 atom stereocenters. The van der Waals surface area contributed by atoms with Crippen LogP contribution in [0.5, 0.6) is 0 Å². The molecule has 0 radical (unpaired) electrons. The maximum Gasteiger partial charge on any atom is 0.0555 e. The lowest BCUT2D eigenvalue weighted by atomic mass is 10.1. The SMILES string of the molecule is CCC(C)N(CC)Cc1ccccc1C#CCN. The molecule has 98 valence electrons. The van der Waals surface area contributed by atoms with Gasteiger partial charge in [0.25, 0.3) is 0 Å². The smallest absolute Gasteiger partial charge is 0.0555 e. The molecule has 0 aliphatic heterocycles. The van der Waals surface area contributed by atoms with Crippen molar-refractivity contribution in [3.8, 4) is 11.8 Å². The molecule has 0 bridgehead atoms. The Bertz CT molecular complexity index is 415. The lowest BCUT2D eigenvalue weighted by Gasteiger charge is -2.27. The van der Waals surface area contributed by atoms with E-state index >= 15 is 0 Å². The molecule has 0 saturated heterocycles. The second-order valence-electron chi connectivity index (χ2n) is 4.48. The van der Waals surface area contributed by atoms with Crippen LogP contribution in [0.4, 0.5) is 0 Å². The number of hydrogen-bond acceptors (Lipinski definition) is 2. The lowest BCUT2D eigenvalue weighted by Crippen LogP contribution is -2.32. The quantitative estimate of drug-likeness (QED) is 0.807. The van der Waals surface area contributed by atoms with Gasteiger partial charge in [-0.2, -0.15) is 0 Å². The molecule has 0 heterocycles. The Morgan fingerprint density at radius 2 is 2.00 bits per heavy atom. The Hall–Kier alpha value is -1.30. The summed E-state index contributed by atoms with van der Waals surface area (Å²) in [6.45, 7) is 9.15. The molecule has 18 heavy (non-hydrogen) atoms. The average Bonchev–Trinajstić information content (AvgIpc) is 2.42. The van der Waals surface area contributed by atoms with Gasteiger partial charge in [0.1, 0.15) is 0 Å². The van der Waals surface area contributed by atoms with Crippen LogP contribution >= 0.6 is 0 Å². The van der Waals surface area contributed by atoms with Crippen LogP contribution in [0.1, 0.15) is 38.3 Å². The van der Waals surface area contributed by atoms with Gasteiger partial charge in [-0.1, -0.05) is 43.9 Å². The molecule has 0 fully saturated rings. The highest BCUT2D eigenvalue weighted by atomic mass is 15.1. The van der Waals surface area contributed by atoms with Crippen LogP contribution in [-0.4, -0.2) is 24.0 Å². The minimum absolute atomic E-state index is 0.414. The molecular formula is C16H24N2. The highest BCUT2D eigenvalue weighted by molar-refractivity contribution is 5.41. The molecule has 0 spiro atoms. The maximum absolute atomic E-state index is 5.44. The summed E-state index contributed by atoms with van der Waals surface area (Å²) >= 11 is 0. The normalized spacial score (nSPS) is 12.1. The van der Waals surface area contributed by atoms with E-state index in [9.17, 15) is 0 Å². The van der Waals surface area contributed by atoms with Crippen LogP contribution in [0.3, 0.4) is 0 Å². The van der Waals surface area contributed by atoms with Crippen molar-refractivity contribution in [1.82, 2.24) is 4.90 Å². The van der Waals surface area contributed by atoms with E-state index in [2.05, 4.69) is 55.7 Å². The third-order valence-corrected chi connectivity index (χ3v) is 3.34. The highest BCUT2D eigenvalue weighted by Crippen LogP contribution is 2.14. The first-order chi connectivity index (χ1) is 8.72. The van der Waals surface area contributed by atoms with Gasteiger partial charge in [0.2, 0.25) is 0 Å². The lowest BCUT2D eigenvalue weighted by molar-refractivity contribution is 0.206. The van der Waals surface area contributed by atoms with Crippen molar-refractivity contribution < 1.29 is 0 Å². The molecule has 1 aromatic carbocycles. The Morgan fingerprint density at radius 1 is 1.28 bits per heavy atom.